The van der Waals surface area contributed by atoms with Gasteiger partial charge in [-0.25, -0.2) is 8.78 Å². The highest BCUT2D eigenvalue weighted by Crippen LogP contribution is 2.43. The van der Waals surface area contributed by atoms with E-state index in [-0.39, 0.29) is 11.1 Å². The number of carbonyl (C=O) groups is 2. The summed E-state index contributed by atoms with van der Waals surface area (Å²) in [5.74, 6) is -4.07. The van der Waals surface area contributed by atoms with Crippen LogP contribution in [0.1, 0.15) is 27.1 Å². The number of allylic oxidation sites excluding steroid dienone is 2. The van der Waals surface area contributed by atoms with Crippen molar-refractivity contribution in [1.82, 2.24) is 0 Å². The maximum absolute atomic E-state index is 15.9. The van der Waals surface area contributed by atoms with Crippen LogP contribution in [0.25, 0.3) is 0 Å². The number of anilines is 1. The van der Waals surface area contributed by atoms with Crippen LogP contribution in [0.15, 0.2) is 71.6 Å². The Hall–Kier alpha value is -3.28. The minimum Gasteiger partial charge on any atom is -0.497 e. The van der Waals surface area contributed by atoms with Crippen molar-refractivity contribution in [1.29, 1.82) is 0 Å². The first-order chi connectivity index (χ1) is 12.9. The van der Waals surface area contributed by atoms with Crippen LogP contribution in [0.3, 0.4) is 0 Å². The van der Waals surface area contributed by atoms with Crippen molar-refractivity contribution in [3.63, 3.8) is 0 Å². The first-order valence-corrected chi connectivity index (χ1v) is 8.35. The van der Waals surface area contributed by atoms with Gasteiger partial charge in [-0.05, 0) is 30.3 Å². The van der Waals surface area contributed by atoms with Gasteiger partial charge in [-0.3, -0.25) is 9.59 Å². The van der Waals surface area contributed by atoms with Gasteiger partial charge in [0.1, 0.15) is 11.6 Å². The van der Waals surface area contributed by atoms with Crippen LogP contribution in [0, 0.1) is 0 Å². The molecule has 1 unspecified atom stereocenters. The molecule has 0 radical (unpaired) electrons. The normalized spacial score (nSPS) is 21.4. The molecule has 27 heavy (non-hydrogen) atoms. The van der Waals surface area contributed by atoms with Gasteiger partial charge in [-0.1, -0.05) is 24.3 Å². The van der Waals surface area contributed by atoms with E-state index in [2.05, 4.69) is 5.32 Å². The lowest BCUT2D eigenvalue weighted by Gasteiger charge is -2.35. The van der Waals surface area contributed by atoms with Gasteiger partial charge in [0.15, 0.2) is 11.6 Å². The lowest BCUT2D eigenvalue weighted by Crippen LogP contribution is -2.44. The summed E-state index contributed by atoms with van der Waals surface area (Å²) in [4.78, 5) is 25.7. The number of benzene rings is 2. The predicted octanol–water partition coefficient (Wildman–Crippen LogP) is 4.41. The van der Waals surface area contributed by atoms with Gasteiger partial charge in [0.2, 0.25) is 5.79 Å². The Bertz CT molecular complexity index is 1020. The minimum absolute atomic E-state index is 0.0782. The summed E-state index contributed by atoms with van der Waals surface area (Å²) in [6, 6.07) is 12.5. The molecule has 0 aliphatic heterocycles. The molecule has 0 amide bonds. The van der Waals surface area contributed by atoms with E-state index in [1.807, 2.05) is 0 Å². The molecule has 4 nitrogen and oxygen atoms in total. The maximum Gasteiger partial charge on any atom is 0.214 e. The van der Waals surface area contributed by atoms with Gasteiger partial charge in [0.25, 0.3) is 0 Å². The molecule has 0 fully saturated rings. The van der Waals surface area contributed by atoms with Gasteiger partial charge in [0.05, 0.1) is 18.3 Å². The standard InChI is InChI=1S/C21H15F2NO3/c1-27-13-8-6-12(7-9-13)24-21(23)11-10-16(22)17-18(21)20(26)15-5-3-2-4-14(15)19(17)25/h2-10,24H,11H2,1H3. The quantitative estimate of drug-likeness (QED) is 0.817. The van der Waals surface area contributed by atoms with E-state index >= 15 is 4.39 Å². The molecule has 1 atom stereocenters. The average molecular weight is 367 g/mol. The van der Waals surface area contributed by atoms with Crippen molar-refractivity contribution in [2.75, 3.05) is 12.4 Å². The molecular formula is C21H15F2NO3. The van der Waals surface area contributed by atoms with E-state index in [4.69, 9.17) is 4.74 Å². The van der Waals surface area contributed by atoms with E-state index in [1.165, 1.54) is 19.2 Å². The van der Waals surface area contributed by atoms with E-state index < -0.39 is 40.8 Å². The van der Waals surface area contributed by atoms with E-state index in [0.717, 1.165) is 6.08 Å². The second-order valence-electron chi connectivity index (χ2n) is 6.36. The average Bonchev–Trinajstić information content (AvgIpc) is 2.68. The number of nitrogens with one attached hydrogen (secondary N) is 1. The number of ether oxygens (including phenoxy) is 1. The third kappa shape index (κ3) is 2.65. The lowest BCUT2D eigenvalue weighted by molar-refractivity contribution is 0.0932. The molecule has 6 heteroatoms. The maximum atomic E-state index is 15.9. The molecule has 136 valence electrons. The molecule has 0 heterocycles. The van der Waals surface area contributed by atoms with Crippen LogP contribution in [0.5, 0.6) is 5.75 Å². The zero-order valence-electron chi connectivity index (χ0n) is 14.4. The topological polar surface area (TPSA) is 55.4 Å². The smallest absolute Gasteiger partial charge is 0.214 e. The molecular weight excluding hydrogens is 352 g/mol. The Morgan fingerprint density at radius 3 is 2.26 bits per heavy atom. The predicted molar refractivity (Wildman–Crippen MR) is 96.4 cm³/mol. The van der Waals surface area contributed by atoms with Crippen molar-refractivity contribution in [3.05, 3.63) is 82.7 Å². The van der Waals surface area contributed by atoms with E-state index in [0.29, 0.717) is 11.4 Å². The Kier molecular flexibility index (Phi) is 3.91. The summed E-state index contributed by atoms with van der Waals surface area (Å²) < 4.78 is 35.4. The summed E-state index contributed by atoms with van der Waals surface area (Å²) in [5.41, 5.74) is -0.455. The molecule has 2 aliphatic rings. The number of halogens is 2. The third-order valence-electron chi connectivity index (χ3n) is 4.75. The van der Waals surface area contributed by atoms with Gasteiger partial charge in [0, 0.05) is 23.2 Å². The number of hydrogen-bond donors (Lipinski definition) is 1. The third-order valence-corrected chi connectivity index (χ3v) is 4.75. The highest BCUT2D eigenvalue weighted by Gasteiger charge is 2.48. The van der Waals surface area contributed by atoms with E-state index in [9.17, 15) is 14.0 Å². The molecule has 0 saturated heterocycles. The highest BCUT2D eigenvalue weighted by atomic mass is 19.1. The number of methoxy groups -OCH3 is 1. The second kappa shape index (κ2) is 6.16. The van der Waals surface area contributed by atoms with Crippen LogP contribution in [-0.4, -0.2) is 24.5 Å². The van der Waals surface area contributed by atoms with Crippen molar-refractivity contribution < 1.29 is 23.1 Å². The summed E-state index contributed by atoms with van der Waals surface area (Å²) in [5, 5.41) is 2.65. The van der Waals surface area contributed by atoms with Crippen LogP contribution >= 0.6 is 0 Å². The van der Waals surface area contributed by atoms with Gasteiger partial charge in [-0.15, -0.1) is 0 Å². The number of rotatable bonds is 3. The Morgan fingerprint density at radius 2 is 1.63 bits per heavy atom. The van der Waals surface area contributed by atoms with Crippen molar-refractivity contribution in [2.24, 2.45) is 0 Å². The molecule has 2 aromatic rings. The Balaban J connectivity index is 1.81. The van der Waals surface area contributed by atoms with Gasteiger partial charge >= 0.3 is 0 Å². The number of Topliss-reactive ketones (excluding diaryl/α,β-unsaturated/α-hetero) is 2. The number of ketones is 2. The van der Waals surface area contributed by atoms with E-state index in [1.54, 1.807) is 36.4 Å². The molecule has 2 aliphatic carbocycles. The fourth-order valence-corrected chi connectivity index (χ4v) is 3.43. The highest BCUT2D eigenvalue weighted by molar-refractivity contribution is 6.29. The van der Waals surface area contributed by atoms with Crippen LogP contribution in [0.4, 0.5) is 14.5 Å². The zero-order chi connectivity index (χ0) is 19.2. The monoisotopic (exact) mass is 367 g/mol. The molecule has 0 aromatic heterocycles. The van der Waals surface area contributed by atoms with Crippen molar-refractivity contribution in [2.45, 2.75) is 12.2 Å². The number of carbonyl (C=O) groups excluding carboxylic acids is 2. The molecule has 0 spiro atoms. The molecule has 1 N–H and O–H groups in total. The first-order valence-electron chi connectivity index (χ1n) is 8.35. The van der Waals surface area contributed by atoms with Gasteiger partial charge < -0.3 is 10.1 Å². The lowest BCUT2D eigenvalue weighted by atomic mass is 9.76. The Morgan fingerprint density at radius 1 is 1.00 bits per heavy atom. The summed E-state index contributed by atoms with van der Waals surface area (Å²) in [6.07, 6.45) is 0.583. The van der Waals surface area contributed by atoms with Crippen molar-refractivity contribution >= 4 is 17.3 Å². The molecule has 0 saturated carbocycles. The molecule has 2 aromatic carbocycles. The molecule has 0 bridgehead atoms. The van der Waals surface area contributed by atoms with Crippen LogP contribution in [0.2, 0.25) is 0 Å². The fraction of sp³-hybridized carbons (Fsp3) is 0.143. The SMILES string of the molecule is COc1ccc(NC2(F)CC=C(F)C3=C2C(=O)c2ccccc2C3=O)cc1. The van der Waals surface area contributed by atoms with Gasteiger partial charge in [-0.2, -0.15) is 0 Å². The van der Waals surface area contributed by atoms with Crippen LogP contribution in [-0.2, 0) is 0 Å². The summed E-state index contributed by atoms with van der Waals surface area (Å²) in [6.45, 7) is 0. The number of fused-ring (bicyclic) bond motifs is 1. The number of alkyl halides is 1. The first kappa shape index (κ1) is 17.1. The Labute approximate surface area is 154 Å². The summed E-state index contributed by atoms with van der Waals surface area (Å²) >= 11 is 0. The minimum atomic E-state index is -2.40. The summed E-state index contributed by atoms with van der Waals surface area (Å²) in [7, 11) is 1.51. The zero-order valence-corrected chi connectivity index (χ0v) is 14.4. The van der Waals surface area contributed by atoms with Crippen LogP contribution < -0.4 is 10.1 Å². The second-order valence-corrected chi connectivity index (χ2v) is 6.36. The largest absolute Gasteiger partial charge is 0.497 e. The van der Waals surface area contributed by atoms with Crippen molar-refractivity contribution in [3.8, 4) is 5.75 Å². The fourth-order valence-electron chi connectivity index (χ4n) is 3.43. The molecule has 4 rings (SSSR count). The number of hydrogen-bond acceptors (Lipinski definition) is 4.